The quantitative estimate of drug-likeness (QED) is 0.918. The van der Waals surface area contributed by atoms with Gasteiger partial charge in [0.05, 0.1) is 24.1 Å². The minimum atomic E-state index is -0.0669. The molecule has 6 nitrogen and oxygen atoms in total. The zero-order valence-electron chi connectivity index (χ0n) is 15.4. The first-order chi connectivity index (χ1) is 11.8. The number of oxazole rings is 1. The first kappa shape index (κ1) is 17.7. The molecule has 0 saturated carbocycles. The lowest BCUT2D eigenvalue weighted by Crippen LogP contribution is -2.45. The molecule has 1 amide bonds. The van der Waals surface area contributed by atoms with Crippen molar-refractivity contribution in [3.05, 3.63) is 42.0 Å². The molecule has 6 heteroatoms. The first-order valence-electron chi connectivity index (χ1n) is 8.88. The van der Waals surface area contributed by atoms with Crippen molar-refractivity contribution in [1.82, 2.24) is 15.2 Å². The third kappa shape index (κ3) is 4.12. The fourth-order valence-electron chi connectivity index (χ4n) is 3.08. The number of nitrogens with one attached hydrogen (secondary N) is 1. The summed E-state index contributed by atoms with van der Waals surface area (Å²) in [5.41, 5.74) is 0.542. The maximum absolute atomic E-state index is 12.1. The number of hydrogen-bond donors (Lipinski definition) is 1. The molecule has 2 aromatic heterocycles. The van der Waals surface area contributed by atoms with Crippen molar-refractivity contribution in [1.29, 1.82) is 0 Å². The zero-order chi connectivity index (χ0) is 18.0. The highest BCUT2D eigenvalue weighted by Gasteiger charge is 2.28. The number of aromatic nitrogens is 1. The highest BCUT2D eigenvalue weighted by Crippen LogP contribution is 2.28. The van der Waals surface area contributed by atoms with Gasteiger partial charge in [0.15, 0.2) is 0 Å². The minimum Gasteiger partial charge on any atom is -0.472 e. The molecule has 1 aliphatic rings. The average molecular weight is 345 g/mol. The Kier molecular flexibility index (Phi) is 4.99. The van der Waals surface area contributed by atoms with Crippen LogP contribution in [0.4, 0.5) is 0 Å². The number of rotatable bonds is 4. The minimum absolute atomic E-state index is 0.0324. The Balaban J connectivity index is 1.53. The van der Waals surface area contributed by atoms with Crippen molar-refractivity contribution in [2.75, 3.05) is 13.1 Å². The maximum atomic E-state index is 12.1. The van der Waals surface area contributed by atoms with E-state index in [0.717, 1.165) is 37.6 Å². The van der Waals surface area contributed by atoms with E-state index in [9.17, 15) is 4.79 Å². The molecule has 0 radical (unpaired) electrons. The van der Waals surface area contributed by atoms with Crippen molar-refractivity contribution in [3.8, 4) is 0 Å². The van der Waals surface area contributed by atoms with Gasteiger partial charge in [0.2, 0.25) is 5.89 Å². The lowest BCUT2D eigenvalue weighted by molar-refractivity contribution is 0.0883. The van der Waals surface area contributed by atoms with E-state index in [1.54, 1.807) is 6.07 Å². The number of carbonyl (C=O) groups is 1. The van der Waals surface area contributed by atoms with Crippen molar-refractivity contribution in [2.45, 2.75) is 58.0 Å². The predicted molar refractivity (Wildman–Crippen MR) is 94.4 cm³/mol. The van der Waals surface area contributed by atoms with Crippen molar-refractivity contribution in [3.63, 3.8) is 0 Å². The first-order valence-corrected chi connectivity index (χ1v) is 8.88. The summed E-state index contributed by atoms with van der Waals surface area (Å²) in [5.74, 6) is 1.62. The Labute approximate surface area is 148 Å². The van der Waals surface area contributed by atoms with Gasteiger partial charge in [-0.2, -0.15) is 0 Å². The van der Waals surface area contributed by atoms with Crippen molar-refractivity contribution < 1.29 is 13.6 Å². The number of amides is 1. The summed E-state index contributed by atoms with van der Waals surface area (Å²) in [6.07, 6.45) is 6.66. The zero-order valence-corrected chi connectivity index (χ0v) is 15.4. The van der Waals surface area contributed by atoms with E-state index in [1.807, 2.05) is 6.20 Å². The smallest absolute Gasteiger partial charge is 0.254 e. The molecular weight excluding hydrogens is 318 g/mol. The summed E-state index contributed by atoms with van der Waals surface area (Å²) in [4.78, 5) is 18.9. The molecule has 0 spiro atoms. The molecule has 0 aliphatic carbocycles. The van der Waals surface area contributed by atoms with E-state index in [-0.39, 0.29) is 23.4 Å². The van der Waals surface area contributed by atoms with Gasteiger partial charge in [0.25, 0.3) is 5.91 Å². The van der Waals surface area contributed by atoms with Gasteiger partial charge in [-0.1, -0.05) is 20.8 Å². The van der Waals surface area contributed by atoms with Crippen LogP contribution in [-0.2, 0) is 5.41 Å². The normalized spacial score (nSPS) is 18.2. The topological polar surface area (TPSA) is 71.5 Å². The van der Waals surface area contributed by atoms with E-state index < -0.39 is 0 Å². The van der Waals surface area contributed by atoms with Crippen LogP contribution in [0.3, 0.4) is 0 Å². The van der Waals surface area contributed by atoms with Crippen LogP contribution in [0.2, 0.25) is 0 Å². The van der Waals surface area contributed by atoms with Gasteiger partial charge < -0.3 is 14.2 Å². The van der Waals surface area contributed by atoms with Crippen molar-refractivity contribution >= 4 is 5.91 Å². The molecule has 3 heterocycles. The fourth-order valence-corrected chi connectivity index (χ4v) is 3.08. The van der Waals surface area contributed by atoms with Crippen molar-refractivity contribution in [2.24, 2.45) is 0 Å². The molecule has 0 unspecified atom stereocenters. The van der Waals surface area contributed by atoms with Gasteiger partial charge in [-0.15, -0.1) is 0 Å². The summed E-state index contributed by atoms with van der Waals surface area (Å²) in [7, 11) is 0. The van der Waals surface area contributed by atoms with Gasteiger partial charge >= 0.3 is 0 Å². The highest BCUT2D eigenvalue weighted by molar-refractivity contribution is 5.93. The third-order valence-electron chi connectivity index (χ3n) is 4.82. The molecule has 1 saturated heterocycles. The number of carbonyl (C=O) groups excluding carboxylic acids is 1. The van der Waals surface area contributed by atoms with Crippen LogP contribution in [-0.4, -0.2) is 34.9 Å². The molecule has 1 fully saturated rings. The third-order valence-corrected chi connectivity index (χ3v) is 4.82. The Morgan fingerprint density at radius 3 is 2.64 bits per heavy atom. The fraction of sp³-hybridized carbons (Fsp3) is 0.579. The molecule has 1 aliphatic heterocycles. The van der Waals surface area contributed by atoms with Crippen LogP contribution >= 0.6 is 0 Å². The lowest BCUT2D eigenvalue weighted by atomic mass is 9.94. The molecule has 3 rings (SSSR count). The summed E-state index contributed by atoms with van der Waals surface area (Å²) in [6, 6.07) is 2.02. The SMILES string of the molecule is C[C@@H](c1ncc(C(C)(C)C)o1)N1CCC(NC(=O)c2ccoc2)CC1. The second-order valence-corrected chi connectivity index (χ2v) is 7.78. The summed E-state index contributed by atoms with van der Waals surface area (Å²) in [6.45, 7) is 10.3. The largest absolute Gasteiger partial charge is 0.472 e. The number of likely N-dealkylation sites (tertiary alicyclic amines) is 1. The highest BCUT2D eigenvalue weighted by atomic mass is 16.4. The average Bonchev–Trinajstić information content (AvgIpc) is 3.26. The molecule has 25 heavy (non-hydrogen) atoms. The number of hydrogen-bond acceptors (Lipinski definition) is 5. The van der Waals surface area contributed by atoms with E-state index in [1.165, 1.54) is 12.5 Å². The van der Waals surface area contributed by atoms with Gasteiger partial charge in [0.1, 0.15) is 12.0 Å². The molecular formula is C19H27N3O3. The van der Waals surface area contributed by atoms with Crippen LogP contribution < -0.4 is 5.32 Å². The predicted octanol–water partition coefficient (Wildman–Crippen LogP) is 3.52. The molecule has 2 aromatic rings. The Morgan fingerprint density at radius 2 is 2.08 bits per heavy atom. The van der Waals surface area contributed by atoms with Crippen LogP contribution in [0.5, 0.6) is 0 Å². The van der Waals surface area contributed by atoms with Gasteiger partial charge in [-0.25, -0.2) is 4.98 Å². The monoisotopic (exact) mass is 345 g/mol. The molecule has 136 valence electrons. The lowest BCUT2D eigenvalue weighted by Gasteiger charge is -2.35. The molecule has 1 N–H and O–H groups in total. The van der Waals surface area contributed by atoms with Crippen LogP contribution in [0.25, 0.3) is 0 Å². The van der Waals surface area contributed by atoms with E-state index >= 15 is 0 Å². The summed E-state index contributed by atoms with van der Waals surface area (Å²) >= 11 is 0. The number of nitrogens with zero attached hydrogens (tertiary/aromatic N) is 2. The van der Waals surface area contributed by atoms with E-state index in [4.69, 9.17) is 8.83 Å². The standard InChI is InChI=1S/C19H27N3O3/c1-13(18-20-11-16(25-18)19(2,3)4)22-8-5-15(6-9-22)21-17(23)14-7-10-24-12-14/h7,10-13,15H,5-6,8-9H2,1-4H3,(H,21,23)/t13-/m0/s1. The Hall–Kier alpha value is -2.08. The van der Waals surface area contributed by atoms with Gasteiger partial charge in [-0.05, 0) is 25.8 Å². The van der Waals surface area contributed by atoms with Crippen LogP contribution in [0.15, 0.2) is 33.6 Å². The Morgan fingerprint density at radius 1 is 1.36 bits per heavy atom. The number of piperidine rings is 1. The van der Waals surface area contributed by atoms with Gasteiger partial charge in [-0.3, -0.25) is 9.69 Å². The second kappa shape index (κ2) is 7.04. The molecule has 1 atom stereocenters. The van der Waals surface area contributed by atoms with Crippen LogP contribution in [0.1, 0.15) is 68.6 Å². The Bertz CT molecular complexity index is 692. The second-order valence-electron chi connectivity index (χ2n) is 7.78. The molecule has 0 bridgehead atoms. The summed E-state index contributed by atoms with van der Waals surface area (Å²) < 4.78 is 10.9. The van der Waals surface area contributed by atoms with Crippen LogP contribution in [0, 0.1) is 0 Å². The summed E-state index contributed by atoms with van der Waals surface area (Å²) in [5, 5.41) is 3.08. The van der Waals surface area contributed by atoms with E-state index in [2.05, 4.69) is 42.9 Å². The van der Waals surface area contributed by atoms with E-state index in [0.29, 0.717) is 5.56 Å². The van der Waals surface area contributed by atoms with Gasteiger partial charge in [0, 0.05) is 24.5 Å². The molecule has 0 aromatic carbocycles. The maximum Gasteiger partial charge on any atom is 0.254 e. The number of furan rings is 1.